The van der Waals surface area contributed by atoms with Crippen molar-refractivity contribution in [2.45, 2.75) is 154 Å². The van der Waals surface area contributed by atoms with Gasteiger partial charge in [0.25, 0.3) is 0 Å². The Labute approximate surface area is 216 Å². The van der Waals surface area contributed by atoms with Crippen LogP contribution in [0.25, 0.3) is 0 Å². The molecule has 0 amide bonds. The molecule has 0 radical (unpaired) electrons. The summed E-state index contributed by atoms with van der Waals surface area (Å²) in [5.74, 6) is -0.695. The zero-order valence-electron chi connectivity index (χ0n) is 22.6. The molecule has 3 aliphatic rings. The van der Waals surface area contributed by atoms with Crippen LogP contribution >= 0.6 is 0 Å². The van der Waals surface area contributed by atoms with Crippen molar-refractivity contribution in [3.05, 3.63) is 46.1 Å². The number of hydrogen-bond donors (Lipinski definition) is 1. The van der Waals surface area contributed by atoms with E-state index in [-0.39, 0.29) is 0 Å². The summed E-state index contributed by atoms with van der Waals surface area (Å²) in [7, 11) is 0. The highest BCUT2D eigenvalue weighted by atomic mass is 16.4. The molecule has 0 fully saturated rings. The first-order valence-corrected chi connectivity index (χ1v) is 15.3. The normalized spacial score (nSPS) is 22.6. The second-order valence-electron chi connectivity index (χ2n) is 11.2. The quantitative estimate of drug-likeness (QED) is 0.406. The predicted molar refractivity (Wildman–Crippen MR) is 150 cm³/mol. The van der Waals surface area contributed by atoms with Gasteiger partial charge in [-0.1, -0.05) is 95.3 Å². The Kier molecular flexibility index (Phi) is 13.6. The average molecular weight is 481 g/mol. The Morgan fingerprint density at radius 2 is 0.771 bits per heavy atom. The summed E-state index contributed by atoms with van der Waals surface area (Å²) in [6.07, 6.45) is 36.2. The van der Waals surface area contributed by atoms with Gasteiger partial charge in [0.1, 0.15) is 0 Å². The molecule has 2 nitrogen and oxygen atoms in total. The van der Waals surface area contributed by atoms with Crippen molar-refractivity contribution in [3.63, 3.8) is 0 Å². The fraction of sp³-hybridized carbons (Fsp3) is 0.727. The minimum atomic E-state index is -0.695. The monoisotopic (exact) mass is 480 g/mol. The van der Waals surface area contributed by atoms with Gasteiger partial charge in [-0.15, -0.1) is 0 Å². The van der Waals surface area contributed by atoms with Gasteiger partial charge in [0.15, 0.2) is 0 Å². The van der Waals surface area contributed by atoms with E-state index in [1.54, 1.807) is 0 Å². The third kappa shape index (κ3) is 10.1. The van der Waals surface area contributed by atoms with Crippen molar-refractivity contribution in [1.29, 1.82) is 0 Å². The molecule has 3 aliphatic carbocycles. The number of allylic oxidation sites excluding steroid dienone is 6. The first-order valence-electron chi connectivity index (χ1n) is 15.3. The highest BCUT2D eigenvalue weighted by Gasteiger charge is 2.24. The van der Waals surface area contributed by atoms with Gasteiger partial charge < -0.3 is 5.11 Å². The molecule has 0 aromatic heterocycles. The summed E-state index contributed by atoms with van der Waals surface area (Å²) in [5.41, 5.74) is 5.64. The smallest absolute Gasteiger partial charge is 0.336 e. The maximum Gasteiger partial charge on any atom is 0.336 e. The molecule has 0 atom stereocenters. The van der Waals surface area contributed by atoms with E-state index in [0.717, 1.165) is 56.1 Å². The van der Waals surface area contributed by atoms with E-state index in [1.165, 1.54) is 120 Å². The molecule has 1 N–H and O–H groups in total. The fourth-order valence-electron chi connectivity index (χ4n) is 6.25. The van der Waals surface area contributed by atoms with Gasteiger partial charge in [-0.25, -0.2) is 4.79 Å². The lowest BCUT2D eigenvalue weighted by atomic mass is 9.81. The first-order chi connectivity index (χ1) is 17.3. The summed E-state index contributed by atoms with van der Waals surface area (Å²) in [5, 5.41) is 10.7. The van der Waals surface area contributed by atoms with Crippen LogP contribution in [0.1, 0.15) is 154 Å². The number of carbonyl (C=O) groups is 1. The molecule has 0 bridgehead atoms. The van der Waals surface area contributed by atoms with Crippen molar-refractivity contribution < 1.29 is 9.90 Å². The van der Waals surface area contributed by atoms with Crippen molar-refractivity contribution in [1.82, 2.24) is 0 Å². The highest BCUT2D eigenvalue weighted by Crippen LogP contribution is 2.37. The Hall–Kier alpha value is -1.57. The van der Waals surface area contributed by atoms with Crippen LogP contribution in [0.2, 0.25) is 0 Å². The maximum atomic E-state index is 13.1. The minimum absolute atomic E-state index is 0.664. The zero-order chi connectivity index (χ0) is 24.6. The fourth-order valence-corrected chi connectivity index (χ4v) is 6.25. The van der Waals surface area contributed by atoms with E-state index in [1.807, 2.05) is 0 Å². The van der Waals surface area contributed by atoms with E-state index in [9.17, 15) is 9.90 Å². The van der Waals surface area contributed by atoms with E-state index in [4.69, 9.17) is 0 Å². The van der Waals surface area contributed by atoms with Gasteiger partial charge in [-0.05, 0) is 99.3 Å². The lowest BCUT2D eigenvalue weighted by molar-refractivity contribution is -0.132. The van der Waals surface area contributed by atoms with Crippen LogP contribution in [0.4, 0.5) is 0 Å². The summed E-state index contributed by atoms with van der Waals surface area (Å²) in [4.78, 5) is 13.1. The number of rotatable bonds is 4. The van der Waals surface area contributed by atoms with Crippen LogP contribution in [-0.4, -0.2) is 11.1 Å². The Morgan fingerprint density at radius 1 is 0.457 bits per heavy atom. The highest BCUT2D eigenvalue weighted by molar-refractivity contribution is 5.95. The number of carboxylic acid groups (broad SMARTS) is 1. The van der Waals surface area contributed by atoms with Crippen molar-refractivity contribution in [3.8, 4) is 0 Å². The van der Waals surface area contributed by atoms with Gasteiger partial charge >= 0.3 is 5.97 Å². The number of hydrogen-bond acceptors (Lipinski definition) is 1. The molecule has 0 saturated heterocycles. The molecule has 196 valence electrons. The Balaban J connectivity index is 2.10. The van der Waals surface area contributed by atoms with E-state index < -0.39 is 5.97 Å². The van der Waals surface area contributed by atoms with Crippen LogP contribution in [-0.2, 0) is 4.79 Å². The lowest BCUT2D eigenvalue weighted by Gasteiger charge is -2.23. The number of aliphatic carboxylic acids is 1. The van der Waals surface area contributed by atoms with Crippen LogP contribution < -0.4 is 0 Å². The molecule has 0 spiro atoms. The van der Waals surface area contributed by atoms with Crippen molar-refractivity contribution >= 4 is 5.97 Å². The van der Waals surface area contributed by atoms with Gasteiger partial charge in [0.05, 0.1) is 5.57 Å². The van der Waals surface area contributed by atoms with Crippen molar-refractivity contribution in [2.24, 2.45) is 0 Å². The third-order valence-corrected chi connectivity index (χ3v) is 8.30. The van der Waals surface area contributed by atoms with Gasteiger partial charge in [-0.3, -0.25) is 0 Å². The molecule has 0 aliphatic heterocycles. The maximum absolute atomic E-state index is 13.1. The summed E-state index contributed by atoms with van der Waals surface area (Å²) in [6.45, 7) is 0. The molecule has 0 heterocycles. The Bertz CT molecular complexity index is 728. The molecule has 0 aromatic carbocycles. The van der Waals surface area contributed by atoms with Crippen LogP contribution in [0.3, 0.4) is 0 Å². The van der Waals surface area contributed by atoms with E-state index in [0.29, 0.717) is 5.57 Å². The molecule has 2 heteroatoms. The molecule has 0 saturated carbocycles. The van der Waals surface area contributed by atoms with Crippen LogP contribution in [0.5, 0.6) is 0 Å². The average Bonchev–Trinajstić information content (AvgIpc) is 2.87. The molecular weight excluding hydrogens is 428 g/mol. The number of carboxylic acids is 1. The summed E-state index contributed by atoms with van der Waals surface area (Å²) >= 11 is 0. The van der Waals surface area contributed by atoms with E-state index in [2.05, 4.69) is 18.2 Å². The molecular formula is C33H52O2. The topological polar surface area (TPSA) is 37.3 Å². The SMILES string of the molecule is O=C(O)C(C1=CCCCCCCCC1)=C(C1=CCCCCCCCC1)C1=CCCCCCCCC1. The zero-order valence-corrected chi connectivity index (χ0v) is 22.6. The van der Waals surface area contributed by atoms with Crippen molar-refractivity contribution in [2.75, 3.05) is 0 Å². The molecule has 3 rings (SSSR count). The first kappa shape index (κ1) is 28.0. The van der Waals surface area contributed by atoms with E-state index >= 15 is 0 Å². The second kappa shape index (κ2) is 17.0. The third-order valence-electron chi connectivity index (χ3n) is 8.30. The Morgan fingerprint density at radius 3 is 1.17 bits per heavy atom. The largest absolute Gasteiger partial charge is 0.478 e. The van der Waals surface area contributed by atoms with Gasteiger partial charge in [0.2, 0.25) is 0 Å². The van der Waals surface area contributed by atoms with Crippen LogP contribution in [0, 0.1) is 0 Å². The lowest BCUT2D eigenvalue weighted by Crippen LogP contribution is -2.12. The molecule has 35 heavy (non-hydrogen) atoms. The molecule has 0 aromatic rings. The summed E-state index contributed by atoms with van der Waals surface area (Å²) in [6, 6.07) is 0. The minimum Gasteiger partial charge on any atom is -0.478 e. The van der Waals surface area contributed by atoms with Gasteiger partial charge in [-0.2, -0.15) is 0 Å². The summed E-state index contributed by atoms with van der Waals surface area (Å²) < 4.78 is 0. The second-order valence-corrected chi connectivity index (χ2v) is 11.2. The van der Waals surface area contributed by atoms with Crippen LogP contribution in [0.15, 0.2) is 46.1 Å². The van der Waals surface area contributed by atoms with Gasteiger partial charge in [0, 0.05) is 0 Å². The predicted octanol–water partition coefficient (Wildman–Crippen LogP) is 10.5. The standard InChI is InChI=1S/C33H52O2/c34-33(35)32(30-26-20-14-8-3-9-15-21-27-30)31(28-22-16-10-4-1-5-11-17-23-28)29-24-18-12-6-2-7-13-19-25-29/h22,24,26H,1-21,23,25,27H2,(H,34,35). The molecule has 0 unspecified atom stereocenters.